The van der Waals surface area contributed by atoms with Crippen LogP contribution in [0.25, 0.3) is 0 Å². The Morgan fingerprint density at radius 3 is 1.59 bits per heavy atom. The van der Waals surface area contributed by atoms with Gasteiger partial charge in [0.1, 0.15) is 11.9 Å². The molecule has 0 fully saturated rings. The van der Waals surface area contributed by atoms with Crippen LogP contribution in [0.4, 0.5) is 0 Å². The summed E-state index contributed by atoms with van der Waals surface area (Å²) >= 11 is 0. The van der Waals surface area contributed by atoms with Crippen molar-refractivity contribution in [3.05, 3.63) is 47.5 Å². The molecule has 0 aliphatic carbocycles. The molecule has 0 bridgehead atoms. The molecule has 4 heteroatoms. The summed E-state index contributed by atoms with van der Waals surface area (Å²) in [6.45, 7) is 0. The van der Waals surface area contributed by atoms with E-state index in [1.807, 2.05) is 24.3 Å². The van der Waals surface area contributed by atoms with E-state index in [0.717, 1.165) is 36.1 Å². The van der Waals surface area contributed by atoms with Crippen LogP contribution in [-0.4, -0.2) is 23.4 Å². The molecule has 1 aromatic carbocycles. The summed E-state index contributed by atoms with van der Waals surface area (Å²) in [4.78, 5) is 42.6. The molecule has 1 aromatic rings. The van der Waals surface area contributed by atoms with E-state index in [9.17, 15) is 19.2 Å². The van der Waals surface area contributed by atoms with Crippen molar-refractivity contribution in [3.8, 4) is 0 Å². The van der Waals surface area contributed by atoms with Crippen LogP contribution in [0.1, 0.15) is 36.8 Å². The van der Waals surface area contributed by atoms with Gasteiger partial charge < -0.3 is 0 Å². The predicted octanol–water partition coefficient (Wildman–Crippen LogP) is 2.25. The van der Waals surface area contributed by atoms with E-state index in [-0.39, 0.29) is 11.6 Å². The van der Waals surface area contributed by atoms with Crippen LogP contribution in [0, 0.1) is 0 Å². The highest BCUT2D eigenvalue weighted by atomic mass is 16.1. The molecule has 22 heavy (non-hydrogen) atoms. The van der Waals surface area contributed by atoms with Crippen molar-refractivity contribution in [1.82, 2.24) is 0 Å². The zero-order valence-electron chi connectivity index (χ0n) is 12.3. The maximum atomic E-state index is 11.2. The molecule has 0 aliphatic heterocycles. The first-order valence-corrected chi connectivity index (χ1v) is 7.21. The van der Waals surface area contributed by atoms with Gasteiger partial charge in [-0.15, -0.1) is 0 Å². The monoisotopic (exact) mass is 298 g/mol. The Kier molecular flexibility index (Phi) is 8.14. The minimum atomic E-state index is -0.210. The van der Waals surface area contributed by atoms with E-state index >= 15 is 0 Å². The van der Waals surface area contributed by atoms with E-state index in [1.165, 1.54) is 11.9 Å². The fraction of sp³-hybridized carbons (Fsp3) is 0.333. The summed E-state index contributed by atoms with van der Waals surface area (Å²) in [7, 11) is 0. The summed E-state index contributed by atoms with van der Waals surface area (Å²) in [5.74, 6) is 2.56. The zero-order chi connectivity index (χ0) is 16.2. The van der Waals surface area contributed by atoms with Crippen molar-refractivity contribution in [3.63, 3.8) is 0 Å². The first-order valence-electron chi connectivity index (χ1n) is 7.21. The molecule has 114 valence electrons. The van der Waals surface area contributed by atoms with E-state index in [4.69, 9.17) is 0 Å². The van der Waals surface area contributed by atoms with Gasteiger partial charge in [-0.3, -0.25) is 9.59 Å². The third-order valence-electron chi connectivity index (χ3n) is 3.30. The summed E-state index contributed by atoms with van der Waals surface area (Å²) < 4.78 is 0. The summed E-state index contributed by atoms with van der Waals surface area (Å²) in [5, 5.41) is 0. The number of hydrogen-bond donors (Lipinski definition) is 0. The maximum Gasteiger partial charge on any atom is 0.166 e. The molecule has 0 saturated carbocycles. The van der Waals surface area contributed by atoms with Gasteiger partial charge in [0.15, 0.2) is 11.6 Å². The van der Waals surface area contributed by atoms with Crippen LogP contribution < -0.4 is 0 Å². The number of aryl methyl sites for hydroxylation is 2. The zero-order valence-corrected chi connectivity index (χ0v) is 12.3. The van der Waals surface area contributed by atoms with E-state index in [0.29, 0.717) is 25.7 Å². The summed E-state index contributed by atoms with van der Waals surface area (Å²) in [6.07, 6.45) is 5.34. The Hall–Kier alpha value is -2.54. The quantitative estimate of drug-likeness (QED) is 0.491. The number of carbonyl (C=O) groups excluding carboxylic acids is 4. The van der Waals surface area contributed by atoms with Gasteiger partial charge in [0, 0.05) is 12.8 Å². The molecular weight excluding hydrogens is 280 g/mol. The minimum absolute atomic E-state index is 0.210. The maximum absolute atomic E-state index is 11.2. The molecule has 0 heterocycles. The van der Waals surface area contributed by atoms with Gasteiger partial charge in [0.25, 0.3) is 0 Å². The number of allylic oxidation sites excluding steroid dienone is 2. The van der Waals surface area contributed by atoms with Crippen LogP contribution in [-0.2, 0) is 32.0 Å². The highest BCUT2D eigenvalue weighted by molar-refractivity contribution is 5.96. The summed E-state index contributed by atoms with van der Waals surface area (Å²) in [6, 6.07) is 7.88. The molecular formula is C18H18O4. The topological polar surface area (TPSA) is 68.3 Å². The SMILES string of the molecule is O=C=CC(=O)CCCc1ccccc1CCCC(=O)C=C=O. The lowest BCUT2D eigenvalue weighted by molar-refractivity contribution is -0.115. The van der Waals surface area contributed by atoms with Crippen molar-refractivity contribution >= 4 is 23.4 Å². The number of benzene rings is 1. The average molecular weight is 298 g/mol. The smallest absolute Gasteiger partial charge is 0.166 e. The fourth-order valence-corrected chi connectivity index (χ4v) is 2.23. The van der Waals surface area contributed by atoms with E-state index < -0.39 is 0 Å². The van der Waals surface area contributed by atoms with Crippen molar-refractivity contribution in [2.75, 3.05) is 0 Å². The van der Waals surface area contributed by atoms with Crippen molar-refractivity contribution in [2.45, 2.75) is 38.5 Å². The standard InChI is InChI=1S/C18H18O4/c19-13-11-17(21)9-3-7-15-5-1-2-6-16(15)8-4-10-18(22)12-14-20/h1-2,5-6,11-12H,3-4,7-10H2. The molecule has 0 unspecified atom stereocenters. The van der Waals surface area contributed by atoms with Gasteiger partial charge in [-0.1, -0.05) is 24.3 Å². The Morgan fingerprint density at radius 2 is 1.23 bits per heavy atom. The molecule has 0 saturated heterocycles. The summed E-state index contributed by atoms with van der Waals surface area (Å²) in [5.41, 5.74) is 2.28. The van der Waals surface area contributed by atoms with Crippen molar-refractivity contribution in [2.24, 2.45) is 0 Å². The van der Waals surface area contributed by atoms with E-state index in [1.54, 1.807) is 0 Å². The highest BCUT2D eigenvalue weighted by Gasteiger charge is 2.05. The van der Waals surface area contributed by atoms with Gasteiger partial charge in [-0.2, -0.15) is 0 Å². The predicted molar refractivity (Wildman–Crippen MR) is 82.9 cm³/mol. The van der Waals surface area contributed by atoms with Gasteiger partial charge in [-0.25, -0.2) is 9.59 Å². The van der Waals surface area contributed by atoms with Crippen LogP contribution >= 0.6 is 0 Å². The van der Waals surface area contributed by atoms with Crippen LogP contribution in [0.2, 0.25) is 0 Å². The first kappa shape index (κ1) is 17.5. The second-order valence-electron chi connectivity index (χ2n) is 4.93. The largest absolute Gasteiger partial charge is 0.294 e. The molecule has 0 spiro atoms. The third-order valence-corrected chi connectivity index (χ3v) is 3.30. The molecule has 0 atom stereocenters. The minimum Gasteiger partial charge on any atom is -0.294 e. The lowest BCUT2D eigenvalue weighted by Crippen LogP contribution is -2.00. The lowest BCUT2D eigenvalue weighted by atomic mass is 9.97. The highest BCUT2D eigenvalue weighted by Crippen LogP contribution is 2.15. The Bertz CT molecular complexity index is 563. The van der Waals surface area contributed by atoms with Gasteiger partial charge in [0.05, 0.1) is 12.2 Å². The second kappa shape index (κ2) is 10.2. The molecule has 0 amide bonds. The lowest BCUT2D eigenvalue weighted by Gasteiger charge is -2.08. The number of rotatable bonds is 10. The van der Waals surface area contributed by atoms with Gasteiger partial charge in [-0.05, 0) is 36.8 Å². The van der Waals surface area contributed by atoms with Gasteiger partial charge in [0.2, 0.25) is 0 Å². The molecule has 0 N–H and O–H groups in total. The third kappa shape index (κ3) is 6.76. The molecule has 0 radical (unpaired) electrons. The van der Waals surface area contributed by atoms with E-state index in [2.05, 4.69) is 0 Å². The number of hydrogen-bond acceptors (Lipinski definition) is 4. The van der Waals surface area contributed by atoms with Crippen molar-refractivity contribution < 1.29 is 19.2 Å². The number of carbonyl (C=O) groups is 2. The average Bonchev–Trinajstić information content (AvgIpc) is 2.49. The van der Waals surface area contributed by atoms with Crippen molar-refractivity contribution in [1.29, 1.82) is 0 Å². The second-order valence-corrected chi connectivity index (χ2v) is 4.93. The first-order chi connectivity index (χ1) is 10.7. The Labute approximate surface area is 129 Å². The molecule has 0 aliphatic rings. The van der Waals surface area contributed by atoms with Crippen LogP contribution in [0.3, 0.4) is 0 Å². The fourth-order valence-electron chi connectivity index (χ4n) is 2.23. The molecule has 1 rings (SSSR count). The molecule has 4 nitrogen and oxygen atoms in total. The Balaban J connectivity index is 2.51. The molecule has 0 aromatic heterocycles. The van der Waals surface area contributed by atoms with Crippen LogP contribution in [0.5, 0.6) is 0 Å². The van der Waals surface area contributed by atoms with Gasteiger partial charge >= 0.3 is 0 Å². The number of ketones is 2. The Morgan fingerprint density at radius 1 is 0.818 bits per heavy atom. The van der Waals surface area contributed by atoms with Crippen LogP contribution in [0.15, 0.2) is 36.4 Å². The normalized spacial score (nSPS) is 9.45.